The van der Waals surface area contributed by atoms with Crippen LogP contribution in [0.3, 0.4) is 0 Å². The summed E-state index contributed by atoms with van der Waals surface area (Å²) in [6.45, 7) is 2.52. The number of aromatic nitrogens is 2. The van der Waals surface area contributed by atoms with Gasteiger partial charge in [-0.05, 0) is 13.0 Å². The van der Waals surface area contributed by atoms with Crippen LogP contribution in [0.4, 0.5) is 0 Å². The predicted octanol–water partition coefficient (Wildman–Crippen LogP) is 1.95. The van der Waals surface area contributed by atoms with Gasteiger partial charge in [0.1, 0.15) is 5.65 Å². The van der Waals surface area contributed by atoms with E-state index in [9.17, 15) is 0 Å². The molecule has 2 heterocycles. The molecule has 14 heavy (non-hydrogen) atoms. The lowest BCUT2D eigenvalue weighted by Gasteiger charge is -1.97. The Labute approximate surface area is 95.1 Å². The van der Waals surface area contributed by atoms with E-state index in [0.29, 0.717) is 6.54 Å². The lowest BCUT2D eigenvalue weighted by Crippen LogP contribution is -1.99. The molecule has 3 nitrogen and oxygen atoms in total. The highest BCUT2D eigenvalue weighted by Crippen LogP contribution is 2.09. The Hall–Kier alpha value is -0.770. The largest absolute Gasteiger partial charge is 0.326 e. The van der Waals surface area contributed by atoms with Crippen molar-refractivity contribution in [2.45, 2.75) is 13.5 Å². The van der Waals surface area contributed by atoms with E-state index in [2.05, 4.69) is 4.98 Å². The summed E-state index contributed by atoms with van der Waals surface area (Å²) in [4.78, 5) is 4.37. The second kappa shape index (κ2) is 5.20. The molecule has 0 saturated heterocycles. The van der Waals surface area contributed by atoms with Gasteiger partial charge in [-0.3, -0.25) is 0 Å². The fraction of sp³-hybridized carbons (Fsp3) is 0.222. The van der Waals surface area contributed by atoms with Crippen LogP contribution in [0.25, 0.3) is 5.65 Å². The third kappa shape index (κ3) is 2.18. The van der Waals surface area contributed by atoms with Crippen molar-refractivity contribution in [3.63, 3.8) is 0 Å². The van der Waals surface area contributed by atoms with Crippen LogP contribution in [-0.2, 0) is 6.54 Å². The number of fused-ring (bicyclic) bond motifs is 1. The van der Waals surface area contributed by atoms with Crippen molar-refractivity contribution in [1.82, 2.24) is 9.38 Å². The Balaban J connectivity index is 0.000000845. The van der Waals surface area contributed by atoms with Crippen molar-refractivity contribution in [2.24, 2.45) is 5.73 Å². The van der Waals surface area contributed by atoms with E-state index in [1.807, 2.05) is 35.9 Å². The van der Waals surface area contributed by atoms with E-state index < -0.39 is 0 Å². The molecule has 5 heteroatoms. The third-order valence-electron chi connectivity index (χ3n) is 1.90. The first kappa shape index (κ1) is 13.2. The zero-order valence-electron chi connectivity index (χ0n) is 7.80. The van der Waals surface area contributed by atoms with Crippen molar-refractivity contribution in [2.75, 3.05) is 0 Å². The van der Waals surface area contributed by atoms with Crippen LogP contribution in [0, 0.1) is 6.92 Å². The van der Waals surface area contributed by atoms with Crippen LogP contribution < -0.4 is 5.73 Å². The van der Waals surface area contributed by atoms with Crippen LogP contribution in [0.5, 0.6) is 0 Å². The lowest BCUT2D eigenvalue weighted by molar-refractivity contribution is 1.04. The minimum absolute atomic E-state index is 0. The number of hydrogen-bond acceptors (Lipinski definition) is 2. The van der Waals surface area contributed by atoms with Crippen molar-refractivity contribution in [1.29, 1.82) is 0 Å². The lowest BCUT2D eigenvalue weighted by atomic mass is 10.3. The molecular formula is C9H13Cl2N3. The van der Waals surface area contributed by atoms with Gasteiger partial charge in [0.25, 0.3) is 0 Å². The molecule has 78 valence electrons. The molecule has 0 saturated carbocycles. The highest BCUT2D eigenvalue weighted by atomic mass is 35.5. The van der Waals surface area contributed by atoms with Gasteiger partial charge < -0.3 is 10.1 Å². The molecule has 0 unspecified atom stereocenters. The van der Waals surface area contributed by atoms with Crippen molar-refractivity contribution in [3.8, 4) is 0 Å². The molecule has 2 N–H and O–H groups in total. The van der Waals surface area contributed by atoms with E-state index in [-0.39, 0.29) is 24.8 Å². The standard InChI is InChI=1S/C9H11N3.2ClH/c1-7-6-12-4-2-3-8(5-10)9(12)11-7;;/h2-4,6H,5,10H2,1H3;2*1H. The van der Waals surface area contributed by atoms with E-state index in [4.69, 9.17) is 5.73 Å². The van der Waals surface area contributed by atoms with Gasteiger partial charge in [0.05, 0.1) is 5.69 Å². The average molecular weight is 234 g/mol. The van der Waals surface area contributed by atoms with Gasteiger partial charge in [-0.15, -0.1) is 24.8 Å². The molecule has 0 radical (unpaired) electrons. The number of hydrogen-bond donors (Lipinski definition) is 1. The molecule has 0 aliphatic heterocycles. The van der Waals surface area contributed by atoms with Gasteiger partial charge >= 0.3 is 0 Å². The van der Waals surface area contributed by atoms with Crippen LogP contribution in [0.2, 0.25) is 0 Å². The summed E-state index contributed by atoms with van der Waals surface area (Å²) in [7, 11) is 0. The second-order valence-corrected chi connectivity index (χ2v) is 2.85. The van der Waals surface area contributed by atoms with Gasteiger partial charge in [0.2, 0.25) is 0 Å². The van der Waals surface area contributed by atoms with Crippen molar-refractivity contribution < 1.29 is 0 Å². The smallest absolute Gasteiger partial charge is 0.141 e. The molecule has 0 aromatic carbocycles. The molecule has 0 aliphatic carbocycles. The number of nitrogens with zero attached hydrogens (tertiary/aromatic N) is 2. The molecule has 0 bridgehead atoms. The minimum Gasteiger partial charge on any atom is -0.326 e. The van der Waals surface area contributed by atoms with E-state index in [1.165, 1.54) is 0 Å². The van der Waals surface area contributed by atoms with E-state index >= 15 is 0 Å². The molecule has 0 atom stereocenters. The molecule has 2 aromatic rings. The van der Waals surface area contributed by atoms with Crippen LogP contribution in [0.15, 0.2) is 24.5 Å². The van der Waals surface area contributed by atoms with Gasteiger partial charge in [-0.2, -0.15) is 0 Å². The SMILES string of the molecule is Cc1cn2cccc(CN)c2n1.Cl.Cl. The number of pyridine rings is 1. The fourth-order valence-electron chi connectivity index (χ4n) is 1.35. The Morgan fingerprint density at radius 2 is 2.14 bits per heavy atom. The van der Waals surface area contributed by atoms with Crippen molar-refractivity contribution in [3.05, 3.63) is 35.8 Å². The third-order valence-corrected chi connectivity index (χ3v) is 1.90. The molecule has 0 spiro atoms. The van der Waals surface area contributed by atoms with Crippen molar-refractivity contribution >= 4 is 30.5 Å². The first-order valence-corrected chi connectivity index (χ1v) is 3.94. The Bertz CT molecular complexity index is 411. The monoisotopic (exact) mass is 233 g/mol. The van der Waals surface area contributed by atoms with Gasteiger partial charge in [-0.25, -0.2) is 4.98 Å². The highest BCUT2D eigenvalue weighted by molar-refractivity contribution is 5.85. The minimum atomic E-state index is 0. The van der Waals surface area contributed by atoms with E-state index in [1.54, 1.807) is 0 Å². The number of nitrogens with two attached hydrogens (primary N) is 1. The number of aryl methyl sites for hydroxylation is 1. The number of imidazole rings is 1. The summed E-state index contributed by atoms with van der Waals surface area (Å²) in [6.07, 6.45) is 3.98. The molecular weight excluding hydrogens is 221 g/mol. The maximum Gasteiger partial charge on any atom is 0.141 e. The second-order valence-electron chi connectivity index (χ2n) is 2.85. The normalized spacial score (nSPS) is 9.29. The maximum atomic E-state index is 5.57. The Kier molecular flexibility index (Phi) is 4.91. The number of rotatable bonds is 1. The summed E-state index contributed by atoms with van der Waals surface area (Å²) in [6, 6.07) is 3.98. The van der Waals surface area contributed by atoms with Crippen LogP contribution >= 0.6 is 24.8 Å². The summed E-state index contributed by atoms with van der Waals surface area (Å²) < 4.78 is 2.00. The van der Waals surface area contributed by atoms with Gasteiger partial charge in [-0.1, -0.05) is 6.07 Å². The van der Waals surface area contributed by atoms with Crippen LogP contribution in [0.1, 0.15) is 11.3 Å². The average Bonchev–Trinajstić information content (AvgIpc) is 2.44. The summed E-state index contributed by atoms with van der Waals surface area (Å²) in [5.74, 6) is 0. The number of halogens is 2. The molecule has 2 aromatic heterocycles. The molecule has 0 aliphatic rings. The zero-order chi connectivity index (χ0) is 8.55. The first-order chi connectivity index (χ1) is 5.81. The highest BCUT2D eigenvalue weighted by Gasteiger charge is 2.00. The van der Waals surface area contributed by atoms with E-state index in [0.717, 1.165) is 16.9 Å². The zero-order valence-corrected chi connectivity index (χ0v) is 9.44. The maximum absolute atomic E-state index is 5.57. The summed E-state index contributed by atoms with van der Waals surface area (Å²) in [5.41, 5.74) is 8.65. The fourth-order valence-corrected chi connectivity index (χ4v) is 1.35. The predicted molar refractivity (Wildman–Crippen MR) is 62.3 cm³/mol. The topological polar surface area (TPSA) is 43.3 Å². The van der Waals surface area contributed by atoms with Crippen LogP contribution in [-0.4, -0.2) is 9.38 Å². The summed E-state index contributed by atoms with van der Waals surface area (Å²) >= 11 is 0. The van der Waals surface area contributed by atoms with Gasteiger partial charge in [0, 0.05) is 24.5 Å². The Morgan fingerprint density at radius 3 is 2.79 bits per heavy atom. The quantitative estimate of drug-likeness (QED) is 0.819. The van der Waals surface area contributed by atoms with Gasteiger partial charge in [0.15, 0.2) is 0 Å². The summed E-state index contributed by atoms with van der Waals surface area (Å²) in [5, 5.41) is 0. The Morgan fingerprint density at radius 1 is 1.43 bits per heavy atom. The molecule has 2 rings (SSSR count). The molecule has 0 fully saturated rings. The first-order valence-electron chi connectivity index (χ1n) is 3.94. The molecule has 0 amide bonds.